The summed E-state index contributed by atoms with van der Waals surface area (Å²) in [6.45, 7) is 6.81. The third kappa shape index (κ3) is 2.66. The van der Waals surface area contributed by atoms with Gasteiger partial charge >= 0.3 is 0 Å². The predicted molar refractivity (Wildman–Crippen MR) is 80.5 cm³/mol. The number of benzene rings is 1. The van der Waals surface area contributed by atoms with Gasteiger partial charge in [-0.3, -0.25) is 0 Å². The minimum atomic E-state index is 0.366. The number of anilines is 1. The van der Waals surface area contributed by atoms with E-state index in [-0.39, 0.29) is 0 Å². The normalized spacial score (nSPS) is 21.9. The molecule has 1 unspecified atom stereocenters. The van der Waals surface area contributed by atoms with Crippen LogP contribution in [0.3, 0.4) is 0 Å². The summed E-state index contributed by atoms with van der Waals surface area (Å²) in [5.41, 5.74) is 2.73. The molecule has 0 spiro atoms. The van der Waals surface area contributed by atoms with Crippen molar-refractivity contribution in [1.29, 1.82) is 0 Å². The first kappa shape index (κ1) is 13.7. The zero-order valence-electron chi connectivity index (χ0n) is 11.6. The van der Waals surface area contributed by atoms with Gasteiger partial charge in [-0.15, -0.1) is 0 Å². The highest BCUT2D eigenvalue weighted by Crippen LogP contribution is 2.41. The second-order valence-electron chi connectivity index (χ2n) is 5.88. The van der Waals surface area contributed by atoms with Crippen molar-refractivity contribution in [3.05, 3.63) is 22.2 Å². The van der Waals surface area contributed by atoms with Crippen LogP contribution >= 0.6 is 15.9 Å². The van der Waals surface area contributed by atoms with Gasteiger partial charge in [0.15, 0.2) is 0 Å². The van der Waals surface area contributed by atoms with Crippen molar-refractivity contribution < 1.29 is 4.74 Å². The van der Waals surface area contributed by atoms with Gasteiger partial charge in [-0.25, -0.2) is 0 Å². The maximum atomic E-state index is 5.49. The van der Waals surface area contributed by atoms with Gasteiger partial charge in [0.1, 0.15) is 5.75 Å². The monoisotopic (exact) mass is 311 g/mol. The van der Waals surface area contributed by atoms with Crippen LogP contribution in [0.1, 0.15) is 38.7 Å². The summed E-state index contributed by atoms with van der Waals surface area (Å²) >= 11 is 3.52. The number of halogens is 1. The molecule has 2 nitrogen and oxygen atoms in total. The second-order valence-corrected chi connectivity index (χ2v) is 6.79. The number of aryl methyl sites for hydroxylation is 1. The number of hydrogen-bond donors (Lipinski definition) is 1. The summed E-state index contributed by atoms with van der Waals surface area (Å²) in [4.78, 5) is 0. The van der Waals surface area contributed by atoms with E-state index in [4.69, 9.17) is 4.74 Å². The van der Waals surface area contributed by atoms with Crippen LogP contribution in [-0.2, 0) is 0 Å². The SMILES string of the molecule is COc1cc(Br)cc(C)c1NC1CCCC1(C)C. The Morgan fingerprint density at radius 2 is 2.11 bits per heavy atom. The Hall–Kier alpha value is -0.700. The second kappa shape index (κ2) is 5.12. The van der Waals surface area contributed by atoms with Crippen LogP contribution in [0.4, 0.5) is 5.69 Å². The van der Waals surface area contributed by atoms with E-state index < -0.39 is 0 Å². The number of methoxy groups -OCH3 is 1. The molecule has 0 saturated heterocycles. The van der Waals surface area contributed by atoms with Crippen LogP contribution in [0, 0.1) is 12.3 Å². The van der Waals surface area contributed by atoms with E-state index in [1.807, 2.05) is 6.07 Å². The van der Waals surface area contributed by atoms with Crippen molar-refractivity contribution in [1.82, 2.24) is 0 Å². The lowest BCUT2D eigenvalue weighted by atomic mass is 9.87. The highest BCUT2D eigenvalue weighted by atomic mass is 79.9. The van der Waals surface area contributed by atoms with E-state index in [1.165, 1.54) is 24.8 Å². The summed E-state index contributed by atoms with van der Waals surface area (Å²) in [6, 6.07) is 4.69. The van der Waals surface area contributed by atoms with Gasteiger partial charge in [-0.1, -0.05) is 36.2 Å². The minimum absolute atomic E-state index is 0.366. The average Bonchev–Trinajstić information content (AvgIpc) is 2.61. The largest absolute Gasteiger partial charge is 0.495 e. The number of rotatable bonds is 3. The molecule has 0 heterocycles. The van der Waals surface area contributed by atoms with Crippen molar-refractivity contribution >= 4 is 21.6 Å². The lowest BCUT2D eigenvalue weighted by Crippen LogP contribution is -2.31. The van der Waals surface area contributed by atoms with Crippen molar-refractivity contribution in [3.63, 3.8) is 0 Å². The fourth-order valence-electron chi connectivity index (χ4n) is 2.83. The van der Waals surface area contributed by atoms with Crippen LogP contribution in [-0.4, -0.2) is 13.2 Å². The average molecular weight is 312 g/mol. The molecule has 0 aliphatic heterocycles. The summed E-state index contributed by atoms with van der Waals surface area (Å²) in [6.07, 6.45) is 3.84. The maximum Gasteiger partial charge on any atom is 0.143 e. The van der Waals surface area contributed by atoms with Crippen molar-refractivity contribution in [2.75, 3.05) is 12.4 Å². The van der Waals surface area contributed by atoms with E-state index in [1.54, 1.807) is 7.11 Å². The predicted octanol–water partition coefficient (Wildman–Crippen LogP) is 4.76. The van der Waals surface area contributed by atoms with Crippen molar-refractivity contribution in [2.24, 2.45) is 5.41 Å². The molecule has 0 aromatic heterocycles. The highest BCUT2D eigenvalue weighted by Gasteiger charge is 2.34. The Morgan fingerprint density at radius 1 is 1.39 bits per heavy atom. The summed E-state index contributed by atoms with van der Waals surface area (Å²) in [5, 5.41) is 3.70. The molecule has 1 N–H and O–H groups in total. The Morgan fingerprint density at radius 3 is 2.67 bits per heavy atom. The standard InChI is InChI=1S/C15H22BrNO/c1-10-8-11(16)9-12(18-4)14(10)17-13-6-5-7-15(13,2)3/h8-9,13,17H,5-7H2,1-4H3. The van der Waals surface area contributed by atoms with E-state index in [9.17, 15) is 0 Å². The molecule has 1 aliphatic carbocycles. The number of ether oxygens (including phenoxy) is 1. The van der Waals surface area contributed by atoms with Crippen molar-refractivity contribution in [2.45, 2.75) is 46.1 Å². The zero-order valence-corrected chi connectivity index (χ0v) is 13.2. The first-order chi connectivity index (χ1) is 8.44. The first-order valence-corrected chi connectivity index (χ1v) is 7.34. The molecule has 100 valence electrons. The summed E-state index contributed by atoms with van der Waals surface area (Å²) in [5.74, 6) is 0.921. The van der Waals surface area contributed by atoms with E-state index in [0.29, 0.717) is 11.5 Å². The molecular formula is C15H22BrNO. The number of nitrogens with one attached hydrogen (secondary N) is 1. The lowest BCUT2D eigenvalue weighted by molar-refractivity contribution is 0.348. The molecule has 1 fully saturated rings. The molecule has 0 bridgehead atoms. The first-order valence-electron chi connectivity index (χ1n) is 6.55. The zero-order chi connectivity index (χ0) is 13.3. The van der Waals surface area contributed by atoms with Crippen LogP contribution in [0.2, 0.25) is 0 Å². The molecule has 0 amide bonds. The molecule has 1 atom stereocenters. The van der Waals surface area contributed by atoms with E-state index in [2.05, 4.69) is 48.1 Å². The molecule has 1 saturated carbocycles. The molecule has 1 aromatic rings. The highest BCUT2D eigenvalue weighted by molar-refractivity contribution is 9.10. The summed E-state index contributed by atoms with van der Waals surface area (Å²) < 4.78 is 6.56. The van der Waals surface area contributed by atoms with Gasteiger partial charge in [0.2, 0.25) is 0 Å². The minimum Gasteiger partial charge on any atom is -0.495 e. The van der Waals surface area contributed by atoms with Crippen LogP contribution in [0.15, 0.2) is 16.6 Å². The number of hydrogen-bond acceptors (Lipinski definition) is 2. The van der Waals surface area contributed by atoms with Gasteiger partial charge in [0.05, 0.1) is 12.8 Å². The van der Waals surface area contributed by atoms with Crippen LogP contribution < -0.4 is 10.1 Å². The molecule has 18 heavy (non-hydrogen) atoms. The van der Waals surface area contributed by atoms with Gasteiger partial charge in [-0.05, 0) is 42.9 Å². The van der Waals surface area contributed by atoms with Crippen LogP contribution in [0.5, 0.6) is 5.75 Å². The van der Waals surface area contributed by atoms with E-state index in [0.717, 1.165) is 15.9 Å². The Kier molecular flexibility index (Phi) is 3.90. The third-order valence-electron chi connectivity index (χ3n) is 4.06. The Bertz CT molecular complexity index is 442. The van der Waals surface area contributed by atoms with Crippen molar-refractivity contribution in [3.8, 4) is 5.75 Å². The van der Waals surface area contributed by atoms with Gasteiger partial charge in [0, 0.05) is 10.5 Å². The molecule has 0 radical (unpaired) electrons. The van der Waals surface area contributed by atoms with Gasteiger partial charge in [-0.2, -0.15) is 0 Å². The van der Waals surface area contributed by atoms with Gasteiger partial charge in [0.25, 0.3) is 0 Å². The fourth-order valence-corrected chi connectivity index (χ4v) is 3.38. The molecule has 1 aliphatic rings. The summed E-state index contributed by atoms with van der Waals surface area (Å²) in [7, 11) is 1.73. The molecule has 3 heteroatoms. The van der Waals surface area contributed by atoms with Crippen LogP contribution in [0.25, 0.3) is 0 Å². The van der Waals surface area contributed by atoms with Gasteiger partial charge < -0.3 is 10.1 Å². The smallest absolute Gasteiger partial charge is 0.143 e. The molecule has 2 rings (SSSR count). The molecule has 1 aromatic carbocycles. The topological polar surface area (TPSA) is 21.3 Å². The lowest BCUT2D eigenvalue weighted by Gasteiger charge is -2.30. The Labute approximate surface area is 118 Å². The quantitative estimate of drug-likeness (QED) is 0.869. The maximum absolute atomic E-state index is 5.49. The third-order valence-corrected chi connectivity index (χ3v) is 4.52. The van der Waals surface area contributed by atoms with E-state index >= 15 is 0 Å². The molecular weight excluding hydrogens is 290 g/mol. The Balaban J connectivity index is 2.29. The fraction of sp³-hybridized carbons (Fsp3) is 0.600.